The molecule has 4 fully saturated rings. The molecule has 42 heavy (non-hydrogen) atoms. The maximum Gasteiger partial charge on any atom is 0.292 e. The highest BCUT2D eigenvalue weighted by molar-refractivity contribution is 5.73. The Morgan fingerprint density at radius 1 is 0.643 bits per heavy atom. The third-order valence-electron chi connectivity index (χ3n) is 10.6. The predicted octanol–water partition coefficient (Wildman–Crippen LogP) is 9.31. The molecule has 4 aliphatic rings. The number of nitrogens with zero attached hydrogens (tertiary/aromatic N) is 2. The van der Waals surface area contributed by atoms with Gasteiger partial charge in [-0.25, -0.2) is 0 Å². The van der Waals surface area contributed by atoms with E-state index in [-0.39, 0.29) is 10.8 Å². The lowest BCUT2D eigenvalue weighted by Crippen LogP contribution is -2.60. The summed E-state index contributed by atoms with van der Waals surface area (Å²) in [6.45, 7) is 2.38. The number of hydrogen-bond donors (Lipinski definition) is 0. The summed E-state index contributed by atoms with van der Waals surface area (Å²) in [5.41, 5.74) is 7.23. The van der Waals surface area contributed by atoms with E-state index in [4.69, 9.17) is 9.47 Å². The van der Waals surface area contributed by atoms with Gasteiger partial charge in [0.1, 0.15) is 11.5 Å². The molecule has 4 nitrogen and oxygen atoms in total. The minimum atomic E-state index is 0.0544. The van der Waals surface area contributed by atoms with Gasteiger partial charge in [-0.2, -0.15) is 0 Å². The van der Waals surface area contributed by atoms with Gasteiger partial charge < -0.3 is 9.47 Å². The Morgan fingerprint density at radius 2 is 1.12 bits per heavy atom. The molecule has 0 heterocycles. The molecule has 2 unspecified atom stereocenters. The van der Waals surface area contributed by atoms with E-state index in [9.17, 15) is 10.5 Å². The summed E-state index contributed by atoms with van der Waals surface area (Å²) in [5.74, 6) is 1.88. The van der Waals surface area contributed by atoms with Crippen molar-refractivity contribution in [2.75, 3.05) is 0 Å². The average Bonchev–Trinajstić information content (AvgIpc) is 3.02. The fraction of sp³-hybridized carbons (Fsp3) is 0.316. The van der Waals surface area contributed by atoms with Crippen molar-refractivity contribution in [2.45, 2.75) is 62.7 Å². The van der Waals surface area contributed by atoms with Gasteiger partial charge in [0.25, 0.3) is 12.5 Å². The molecule has 8 rings (SSSR count). The van der Waals surface area contributed by atoms with E-state index >= 15 is 0 Å². The SMILES string of the molecule is CCC12CC3CC(c4ccc(OC#N)c(-c5ccccc5)c4)(C1)CC(c1ccc(OC#N)c(-c4ccccc4)c1)(C3)C2. The van der Waals surface area contributed by atoms with Gasteiger partial charge in [-0.15, -0.1) is 10.5 Å². The zero-order chi connectivity index (χ0) is 28.8. The third-order valence-corrected chi connectivity index (χ3v) is 10.6. The molecular formula is C38H34N2O2. The Balaban J connectivity index is 1.37. The Bertz CT molecular complexity index is 1600. The van der Waals surface area contributed by atoms with Crippen molar-refractivity contribution in [3.05, 3.63) is 108 Å². The highest BCUT2D eigenvalue weighted by atomic mass is 16.5. The van der Waals surface area contributed by atoms with Crippen LogP contribution < -0.4 is 9.47 Å². The molecule has 0 aromatic heterocycles. The van der Waals surface area contributed by atoms with Gasteiger partial charge in [0.2, 0.25) is 0 Å². The zero-order valence-electron chi connectivity index (χ0n) is 24.0. The van der Waals surface area contributed by atoms with Crippen molar-refractivity contribution in [1.82, 2.24) is 0 Å². The smallest absolute Gasteiger partial charge is 0.292 e. The van der Waals surface area contributed by atoms with Crippen LogP contribution in [-0.2, 0) is 10.8 Å². The van der Waals surface area contributed by atoms with Gasteiger partial charge in [-0.1, -0.05) is 86.1 Å². The van der Waals surface area contributed by atoms with Crippen molar-refractivity contribution in [3.8, 4) is 46.3 Å². The van der Waals surface area contributed by atoms with E-state index in [1.807, 2.05) is 61.0 Å². The molecule has 4 aromatic carbocycles. The first kappa shape index (κ1) is 26.4. The quantitative estimate of drug-likeness (QED) is 0.215. The summed E-state index contributed by atoms with van der Waals surface area (Å²) in [5, 5.41) is 18.8. The molecule has 0 saturated heterocycles. The molecule has 2 atom stereocenters. The van der Waals surface area contributed by atoms with Crippen LogP contribution in [0.25, 0.3) is 22.3 Å². The topological polar surface area (TPSA) is 66.0 Å². The normalized spacial score (nSPS) is 27.2. The van der Waals surface area contributed by atoms with E-state index in [1.54, 1.807) is 0 Å². The van der Waals surface area contributed by atoms with Crippen molar-refractivity contribution in [3.63, 3.8) is 0 Å². The maximum atomic E-state index is 9.38. The van der Waals surface area contributed by atoms with Crippen LogP contribution in [0.4, 0.5) is 0 Å². The van der Waals surface area contributed by atoms with Crippen molar-refractivity contribution < 1.29 is 9.47 Å². The van der Waals surface area contributed by atoms with Crippen molar-refractivity contribution in [1.29, 1.82) is 10.5 Å². The monoisotopic (exact) mass is 550 g/mol. The molecule has 4 aromatic rings. The molecule has 0 N–H and O–H groups in total. The zero-order valence-corrected chi connectivity index (χ0v) is 24.0. The van der Waals surface area contributed by atoms with Crippen molar-refractivity contribution >= 4 is 0 Å². The van der Waals surface area contributed by atoms with E-state index in [0.717, 1.165) is 28.7 Å². The molecule has 4 aliphatic carbocycles. The van der Waals surface area contributed by atoms with Crippen LogP contribution >= 0.6 is 0 Å². The Hall–Kier alpha value is -4.54. The Labute approximate surface area is 248 Å². The van der Waals surface area contributed by atoms with Crippen LogP contribution in [0.2, 0.25) is 0 Å². The first-order chi connectivity index (χ1) is 20.5. The molecule has 4 bridgehead atoms. The van der Waals surface area contributed by atoms with Gasteiger partial charge in [0.15, 0.2) is 0 Å². The van der Waals surface area contributed by atoms with E-state index in [1.165, 1.54) is 49.7 Å². The van der Waals surface area contributed by atoms with Gasteiger partial charge in [-0.3, -0.25) is 0 Å². The molecule has 0 amide bonds. The first-order valence-corrected chi connectivity index (χ1v) is 15.0. The van der Waals surface area contributed by atoms with Gasteiger partial charge >= 0.3 is 0 Å². The maximum absolute atomic E-state index is 9.38. The standard InChI is InChI=1S/C38H34N2O2/c1-2-36-19-27-20-37(22-36,30-13-15-34(41-25-39)32(17-30)28-9-5-3-6-10-28)24-38(21-27,23-36)31-14-16-35(42-26-40)33(18-31)29-11-7-4-8-12-29/h3-18,27H,2,19-24H2,1H3. The second-order valence-corrected chi connectivity index (χ2v) is 13.0. The second kappa shape index (κ2) is 10.1. The van der Waals surface area contributed by atoms with Crippen LogP contribution in [0, 0.1) is 34.4 Å². The van der Waals surface area contributed by atoms with Gasteiger partial charge in [-0.05, 0) is 107 Å². The van der Waals surface area contributed by atoms with Crippen LogP contribution in [0.1, 0.15) is 63.0 Å². The lowest BCUT2D eigenvalue weighted by Gasteiger charge is -2.67. The average molecular weight is 551 g/mol. The molecule has 4 saturated carbocycles. The molecule has 208 valence electrons. The molecule has 0 aliphatic heterocycles. The van der Waals surface area contributed by atoms with Crippen molar-refractivity contribution in [2.24, 2.45) is 11.3 Å². The number of rotatable bonds is 7. The number of ether oxygens (including phenoxy) is 2. The summed E-state index contributed by atoms with van der Waals surface area (Å²) in [6.07, 6.45) is 12.2. The molecular weight excluding hydrogens is 516 g/mol. The summed E-state index contributed by atoms with van der Waals surface area (Å²) in [4.78, 5) is 0. The second-order valence-electron chi connectivity index (χ2n) is 13.0. The summed E-state index contributed by atoms with van der Waals surface area (Å²) in [6, 6.07) is 33.6. The number of benzene rings is 4. The Kier molecular flexibility index (Phi) is 6.32. The molecule has 0 radical (unpaired) electrons. The molecule has 4 heteroatoms. The summed E-state index contributed by atoms with van der Waals surface area (Å²) < 4.78 is 10.9. The van der Waals surface area contributed by atoms with Crippen LogP contribution in [0.5, 0.6) is 11.5 Å². The van der Waals surface area contributed by atoms with Crippen LogP contribution in [-0.4, -0.2) is 0 Å². The largest absolute Gasteiger partial charge is 0.387 e. The van der Waals surface area contributed by atoms with Gasteiger partial charge in [0, 0.05) is 11.1 Å². The highest BCUT2D eigenvalue weighted by Gasteiger charge is 2.63. The lowest BCUT2D eigenvalue weighted by atomic mass is 9.37. The fourth-order valence-corrected chi connectivity index (χ4v) is 9.36. The van der Waals surface area contributed by atoms with E-state index in [0.29, 0.717) is 22.8 Å². The van der Waals surface area contributed by atoms with Crippen LogP contribution in [0.15, 0.2) is 97.1 Å². The van der Waals surface area contributed by atoms with E-state index in [2.05, 4.69) is 55.5 Å². The van der Waals surface area contributed by atoms with Gasteiger partial charge in [0.05, 0.1) is 0 Å². The number of hydrogen-bond acceptors (Lipinski definition) is 4. The van der Waals surface area contributed by atoms with E-state index < -0.39 is 0 Å². The summed E-state index contributed by atoms with van der Waals surface area (Å²) in [7, 11) is 0. The Morgan fingerprint density at radius 3 is 1.55 bits per heavy atom. The molecule has 0 spiro atoms. The fourth-order valence-electron chi connectivity index (χ4n) is 9.36. The first-order valence-electron chi connectivity index (χ1n) is 15.0. The summed E-state index contributed by atoms with van der Waals surface area (Å²) >= 11 is 0. The lowest BCUT2D eigenvalue weighted by molar-refractivity contribution is -0.0920. The highest BCUT2D eigenvalue weighted by Crippen LogP contribution is 2.71. The van der Waals surface area contributed by atoms with Crippen LogP contribution in [0.3, 0.4) is 0 Å². The predicted molar refractivity (Wildman–Crippen MR) is 164 cm³/mol. The minimum Gasteiger partial charge on any atom is -0.387 e. The third kappa shape index (κ3) is 4.26. The minimum absolute atomic E-state index is 0.0544. The number of nitriles is 2.